The lowest BCUT2D eigenvalue weighted by Crippen LogP contribution is -2.32. The second kappa shape index (κ2) is 11.6. The van der Waals surface area contributed by atoms with Crippen molar-refractivity contribution in [3.63, 3.8) is 0 Å². The first kappa shape index (κ1) is 26.0. The predicted octanol–water partition coefficient (Wildman–Crippen LogP) is 2.89. The van der Waals surface area contributed by atoms with Gasteiger partial charge in [-0.2, -0.15) is 0 Å². The Labute approximate surface area is 195 Å². The SMILES string of the molecule is CCOc1ccc(S(=O)(=O)NCCC(=O)O[C@@H](C)C(=O)Nc2ccc([N+](=O)[O-])cc2Cl)cc1. The first-order valence-electron chi connectivity index (χ1n) is 9.70. The number of carbonyl (C=O) groups excluding carboxylic acids is 2. The number of hydrogen-bond acceptors (Lipinski definition) is 8. The van der Waals surface area contributed by atoms with E-state index >= 15 is 0 Å². The van der Waals surface area contributed by atoms with Crippen LogP contribution in [0.2, 0.25) is 5.02 Å². The Bertz CT molecular complexity index is 1120. The van der Waals surface area contributed by atoms with Crippen LogP contribution in [-0.4, -0.2) is 44.5 Å². The van der Waals surface area contributed by atoms with Gasteiger partial charge in [-0.15, -0.1) is 0 Å². The van der Waals surface area contributed by atoms with E-state index in [1.54, 1.807) is 6.92 Å². The Kier molecular flexibility index (Phi) is 9.14. The lowest BCUT2D eigenvalue weighted by atomic mass is 10.2. The monoisotopic (exact) mass is 499 g/mol. The molecule has 0 saturated carbocycles. The lowest BCUT2D eigenvalue weighted by molar-refractivity contribution is -0.384. The van der Waals surface area contributed by atoms with Crippen molar-refractivity contribution in [1.82, 2.24) is 4.72 Å². The number of rotatable bonds is 11. The molecule has 0 bridgehead atoms. The van der Waals surface area contributed by atoms with E-state index in [1.807, 2.05) is 0 Å². The quantitative estimate of drug-likeness (QED) is 0.272. The van der Waals surface area contributed by atoms with Crippen LogP contribution < -0.4 is 14.8 Å². The highest BCUT2D eigenvalue weighted by Crippen LogP contribution is 2.26. The van der Waals surface area contributed by atoms with Gasteiger partial charge < -0.3 is 14.8 Å². The van der Waals surface area contributed by atoms with E-state index in [0.29, 0.717) is 12.4 Å². The number of nitro groups is 1. The fourth-order valence-corrected chi connectivity index (χ4v) is 3.77. The first-order chi connectivity index (χ1) is 15.5. The van der Waals surface area contributed by atoms with E-state index in [0.717, 1.165) is 12.1 Å². The van der Waals surface area contributed by atoms with Crippen molar-refractivity contribution in [3.8, 4) is 5.75 Å². The van der Waals surface area contributed by atoms with Crippen molar-refractivity contribution in [1.29, 1.82) is 0 Å². The number of nitro benzene ring substituents is 1. The summed E-state index contributed by atoms with van der Waals surface area (Å²) in [7, 11) is -3.84. The molecule has 11 nitrogen and oxygen atoms in total. The normalized spacial score (nSPS) is 12.0. The van der Waals surface area contributed by atoms with Crippen molar-refractivity contribution in [2.75, 3.05) is 18.5 Å². The van der Waals surface area contributed by atoms with Gasteiger partial charge in [-0.3, -0.25) is 19.7 Å². The molecule has 0 radical (unpaired) electrons. The van der Waals surface area contributed by atoms with Gasteiger partial charge in [0.15, 0.2) is 6.10 Å². The molecule has 0 saturated heterocycles. The van der Waals surface area contributed by atoms with Gasteiger partial charge in [0.25, 0.3) is 11.6 Å². The van der Waals surface area contributed by atoms with E-state index in [9.17, 15) is 28.1 Å². The number of carbonyl (C=O) groups is 2. The Hall–Kier alpha value is -3.22. The molecule has 2 N–H and O–H groups in total. The van der Waals surface area contributed by atoms with Crippen LogP contribution in [0.4, 0.5) is 11.4 Å². The Morgan fingerprint density at radius 2 is 1.85 bits per heavy atom. The van der Waals surface area contributed by atoms with Gasteiger partial charge in [0.2, 0.25) is 10.0 Å². The molecule has 0 aliphatic carbocycles. The van der Waals surface area contributed by atoms with Crippen LogP contribution in [0, 0.1) is 10.1 Å². The van der Waals surface area contributed by atoms with Gasteiger partial charge >= 0.3 is 5.97 Å². The third kappa shape index (κ3) is 7.70. The average molecular weight is 500 g/mol. The fourth-order valence-electron chi connectivity index (χ4n) is 2.52. The van der Waals surface area contributed by atoms with E-state index in [-0.39, 0.29) is 34.3 Å². The van der Waals surface area contributed by atoms with Gasteiger partial charge in [0, 0.05) is 18.7 Å². The molecule has 2 aromatic rings. The highest BCUT2D eigenvalue weighted by molar-refractivity contribution is 7.89. The van der Waals surface area contributed by atoms with Gasteiger partial charge in [-0.1, -0.05) is 11.6 Å². The topological polar surface area (TPSA) is 154 Å². The molecule has 0 aliphatic rings. The number of ether oxygens (including phenoxy) is 2. The number of non-ortho nitro benzene ring substituents is 1. The maximum atomic E-state index is 12.3. The molecule has 0 spiro atoms. The highest BCUT2D eigenvalue weighted by Gasteiger charge is 2.21. The van der Waals surface area contributed by atoms with Crippen LogP contribution in [0.25, 0.3) is 0 Å². The van der Waals surface area contributed by atoms with Crippen LogP contribution in [0.15, 0.2) is 47.4 Å². The van der Waals surface area contributed by atoms with Crippen LogP contribution in [0.5, 0.6) is 5.75 Å². The molecule has 0 unspecified atom stereocenters. The number of benzene rings is 2. The third-order valence-corrected chi connectivity index (χ3v) is 5.95. The van der Waals surface area contributed by atoms with Crippen LogP contribution in [0.1, 0.15) is 20.3 Å². The van der Waals surface area contributed by atoms with Gasteiger partial charge in [-0.05, 0) is 44.2 Å². The number of amides is 1. The number of anilines is 1. The zero-order valence-corrected chi connectivity index (χ0v) is 19.3. The summed E-state index contributed by atoms with van der Waals surface area (Å²) in [6, 6.07) is 9.28. The molecule has 0 aliphatic heterocycles. The Morgan fingerprint density at radius 3 is 2.42 bits per heavy atom. The molecule has 1 atom stereocenters. The summed E-state index contributed by atoms with van der Waals surface area (Å²) < 4.78 is 37.1. The molecule has 13 heteroatoms. The number of hydrogen-bond donors (Lipinski definition) is 2. The second-order valence-corrected chi connectivity index (χ2v) is 8.77. The van der Waals surface area contributed by atoms with Gasteiger partial charge in [-0.25, -0.2) is 13.1 Å². The number of nitrogens with zero attached hydrogens (tertiary/aromatic N) is 1. The fraction of sp³-hybridized carbons (Fsp3) is 0.300. The summed E-state index contributed by atoms with van der Waals surface area (Å²) in [5.74, 6) is -0.988. The van der Waals surface area contributed by atoms with Crippen LogP contribution in [0.3, 0.4) is 0 Å². The molecular weight excluding hydrogens is 478 g/mol. The Balaban J connectivity index is 1.83. The summed E-state index contributed by atoms with van der Waals surface area (Å²) in [6.07, 6.45) is -1.53. The summed E-state index contributed by atoms with van der Waals surface area (Å²) in [5.41, 5.74) is -0.136. The minimum Gasteiger partial charge on any atom is -0.494 e. The van der Waals surface area contributed by atoms with E-state index in [4.69, 9.17) is 21.1 Å². The summed E-state index contributed by atoms with van der Waals surface area (Å²) in [6.45, 7) is 3.33. The second-order valence-electron chi connectivity index (χ2n) is 6.59. The zero-order chi connectivity index (χ0) is 24.6. The maximum absolute atomic E-state index is 12.3. The number of nitrogens with one attached hydrogen (secondary N) is 2. The van der Waals surface area contributed by atoms with E-state index in [2.05, 4.69) is 10.0 Å². The summed E-state index contributed by atoms with van der Waals surface area (Å²) in [4.78, 5) is 34.3. The van der Waals surface area contributed by atoms with Gasteiger partial charge in [0.05, 0.1) is 33.6 Å². The molecule has 0 fully saturated rings. The van der Waals surface area contributed by atoms with Crippen LogP contribution in [-0.2, 0) is 24.3 Å². The third-order valence-electron chi connectivity index (χ3n) is 4.17. The standard InChI is InChI=1S/C20H22ClN3O8S/c1-3-31-15-5-7-16(8-6-15)33(29,30)22-11-10-19(25)32-13(2)20(26)23-18-9-4-14(24(27)28)12-17(18)21/h4-9,12-13,22H,3,10-11H2,1-2H3,(H,23,26)/t13-/m0/s1. The maximum Gasteiger partial charge on any atom is 0.307 e. The molecule has 0 heterocycles. The Morgan fingerprint density at radius 1 is 1.18 bits per heavy atom. The molecule has 178 valence electrons. The summed E-state index contributed by atoms with van der Waals surface area (Å²) >= 11 is 5.91. The van der Waals surface area contributed by atoms with Gasteiger partial charge in [0.1, 0.15) is 5.75 Å². The molecule has 2 aromatic carbocycles. The zero-order valence-electron chi connectivity index (χ0n) is 17.7. The van der Waals surface area contributed by atoms with Crippen molar-refractivity contribution in [2.24, 2.45) is 0 Å². The van der Waals surface area contributed by atoms with E-state index < -0.39 is 32.9 Å². The smallest absolute Gasteiger partial charge is 0.307 e. The van der Waals surface area contributed by atoms with Crippen molar-refractivity contribution in [3.05, 3.63) is 57.6 Å². The molecule has 33 heavy (non-hydrogen) atoms. The van der Waals surface area contributed by atoms with Crippen LogP contribution >= 0.6 is 11.6 Å². The number of sulfonamides is 1. The average Bonchev–Trinajstić information content (AvgIpc) is 2.75. The minimum absolute atomic E-state index is 0.00652. The largest absolute Gasteiger partial charge is 0.494 e. The van der Waals surface area contributed by atoms with Crippen molar-refractivity contribution >= 4 is 44.9 Å². The molecule has 1 amide bonds. The molecule has 0 aromatic heterocycles. The summed E-state index contributed by atoms with van der Waals surface area (Å²) in [5, 5.41) is 13.1. The van der Waals surface area contributed by atoms with Crippen molar-refractivity contribution < 1.29 is 32.4 Å². The number of esters is 1. The highest BCUT2D eigenvalue weighted by atomic mass is 35.5. The lowest BCUT2D eigenvalue weighted by Gasteiger charge is -2.14. The molecule has 2 rings (SSSR count). The minimum atomic E-state index is -3.84. The predicted molar refractivity (Wildman–Crippen MR) is 120 cm³/mol. The first-order valence-corrected chi connectivity index (χ1v) is 11.6. The number of halogens is 1. The molecular formula is C20H22ClN3O8S. The van der Waals surface area contributed by atoms with Crippen molar-refractivity contribution in [2.45, 2.75) is 31.3 Å². The van der Waals surface area contributed by atoms with E-state index in [1.165, 1.54) is 37.3 Å².